The van der Waals surface area contributed by atoms with Gasteiger partial charge < -0.3 is 16.2 Å². The minimum atomic E-state index is -0.168. The van der Waals surface area contributed by atoms with Gasteiger partial charge in [0.1, 0.15) is 5.75 Å². The number of amides is 1. The number of benzene rings is 1. The molecule has 1 rings (SSSR count). The fraction of sp³-hybridized carbons (Fsp3) is 0.364. The van der Waals surface area contributed by atoms with E-state index < -0.39 is 0 Å². The van der Waals surface area contributed by atoms with Crippen molar-refractivity contribution >= 4 is 5.91 Å². The molecule has 0 radical (unpaired) electrons. The van der Waals surface area contributed by atoms with Gasteiger partial charge in [0.25, 0.3) is 5.91 Å². The Balaban J connectivity index is 2.50. The molecule has 0 spiro atoms. The zero-order valence-corrected chi connectivity index (χ0v) is 8.73. The third-order valence-electron chi connectivity index (χ3n) is 2.18. The number of phenols is 1. The lowest BCUT2D eigenvalue weighted by Crippen LogP contribution is -2.36. The van der Waals surface area contributed by atoms with E-state index in [4.69, 9.17) is 10.8 Å². The summed E-state index contributed by atoms with van der Waals surface area (Å²) in [6.45, 7) is 2.44. The zero-order valence-electron chi connectivity index (χ0n) is 8.73. The van der Waals surface area contributed by atoms with Crippen molar-refractivity contribution < 1.29 is 9.90 Å². The first-order valence-corrected chi connectivity index (χ1v) is 4.96. The highest BCUT2D eigenvalue weighted by atomic mass is 16.3. The molecule has 0 heterocycles. The van der Waals surface area contributed by atoms with E-state index >= 15 is 0 Å². The Kier molecular flexibility index (Phi) is 4.12. The highest BCUT2D eigenvalue weighted by molar-refractivity contribution is 5.94. The minimum Gasteiger partial charge on any atom is -0.508 e. The highest BCUT2D eigenvalue weighted by Crippen LogP contribution is 2.09. The van der Waals surface area contributed by atoms with Crippen LogP contribution in [0.3, 0.4) is 0 Å². The Labute approximate surface area is 89.1 Å². The molecule has 4 nitrogen and oxygen atoms in total. The van der Waals surface area contributed by atoms with Gasteiger partial charge in [-0.2, -0.15) is 0 Å². The highest BCUT2D eigenvalue weighted by Gasteiger charge is 2.06. The Morgan fingerprint density at radius 3 is 2.60 bits per heavy atom. The van der Waals surface area contributed by atoms with E-state index in [0.29, 0.717) is 12.1 Å². The first kappa shape index (κ1) is 11.5. The van der Waals surface area contributed by atoms with Crippen LogP contribution in [0.4, 0.5) is 0 Å². The van der Waals surface area contributed by atoms with Crippen LogP contribution in [-0.2, 0) is 0 Å². The molecular formula is C11H16N2O2. The topological polar surface area (TPSA) is 75.3 Å². The van der Waals surface area contributed by atoms with E-state index in [0.717, 1.165) is 6.42 Å². The molecule has 82 valence electrons. The maximum Gasteiger partial charge on any atom is 0.251 e. The van der Waals surface area contributed by atoms with Gasteiger partial charge in [-0.1, -0.05) is 6.92 Å². The van der Waals surface area contributed by atoms with Crippen LogP contribution in [0.15, 0.2) is 24.3 Å². The predicted molar refractivity (Wildman–Crippen MR) is 58.7 cm³/mol. The number of aromatic hydroxyl groups is 1. The van der Waals surface area contributed by atoms with Crippen LogP contribution in [0.25, 0.3) is 0 Å². The van der Waals surface area contributed by atoms with Crippen LogP contribution in [0.5, 0.6) is 5.75 Å². The summed E-state index contributed by atoms with van der Waals surface area (Å²) in [5.74, 6) is -0.0179. The molecule has 15 heavy (non-hydrogen) atoms. The van der Waals surface area contributed by atoms with Crippen LogP contribution in [0.1, 0.15) is 23.7 Å². The first-order chi connectivity index (χ1) is 7.13. The lowest BCUT2D eigenvalue weighted by Gasteiger charge is -2.10. The van der Waals surface area contributed by atoms with Crippen molar-refractivity contribution in [2.45, 2.75) is 19.4 Å². The van der Waals surface area contributed by atoms with Gasteiger partial charge in [0.2, 0.25) is 0 Å². The molecule has 0 saturated heterocycles. The molecule has 0 saturated carbocycles. The predicted octanol–water partition coefficient (Wildman–Crippen LogP) is 0.859. The summed E-state index contributed by atoms with van der Waals surface area (Å²) < 4.78 is 0. The van der Waals surface area contributed by atoms with Crippen LogP contribution < -0.4 is 11.1 Å². The smallest absolute Gasteiger partial charge is 0.251 e. The monoisotopic (exact) mass is 208 g/mol. The van der Waals surface area contributed by atoms with Gasteiger partial charge in [0.15, 0.2) is 0 Å². The van der Waals surface area contributed by atoms with E-state index in [1.807, 2.05) is 6.92 Å². The molecule has 0 aliphatic rings. The van der Waals surface area contributed by atoms with Crippen LogP contribution in [0, 0.1) is 0 Å². The van der Waals surface area contributed by atoms with E-state index in [9.17, 15) is 4.79 Å². The fourth-order valence-electron chi connectivity index (χ4n) is 1.08. The van der Waals surface area contributed by atoms with Gasteiger partial charge >= 0.3 is 0 Å². The molecule has 1 atom stereocenters. The van der Waals surface area contributed by atoms with Crippen LogP contribution in [-0.4, -0.2) is 23.6 Å². The van der Waals surface area contributed by atoms with E-state index in [-0.39, 0.29) is 17.7 Å². The summed E-state index contributed by atoms with van der Waals surface area (Å²) >= 11 is 0. The summed E-state index contributed by atoms with van der Waals surface area (Å²) in [6, 6.07) is 6.10. The number of carbonyl (C=O) groups is 1. The number of hydrogen-bond acceptors (Lipinski definition) is 3. The van der Waals surface area contributed by atoms with Gasteiger partial charge in [0, 0.05) is 18.2 Å². The number of hydrogen-bond donors (Lipinski definition) is 3. The SMILES string of the molecule is CCC(N)CNC(=O)c1ccc(O)cc1. The third kappa shape index (κ3) is 3.59. The van der Waals surface area contributed by atoms with Gasteiger partial charge in [0.05, 0.1) is 0 Å². The van der Waals surface area contributed by atoms with Crippen molar-refractivity contribution in [3.05, 3.63) is 29.8 Å². The molecule has 1 aromatic carbocycles. The average Bonchev–Trinajstić information content (AvgIpc) is 2.26. The molecule has 0 fully saturated rings. The second kappa shape index (κ2) is 5.36. The number of nitrogens with two attached hydrogens (primary N) is 1. The second-order valence-electron chi connectivity index (χ2n) is 3.43. The van der Waals surface area contributed by atoms with E-state index in [1.165, 1.54) is 12.1 Å². The summed E-state index contributed by atoms with van der Waals surface area (Å²) in [7, 11) is 0. The number of nitrogens with one attached hydrogen (secondary N) is 1. The molecule has 4 heteroatoms. The lowest BCUT2D eigenvalue weighted by atomic mass is 10.2. The molecule has 0 bridgehead atoms. The molecule has 1 unspecified atom stereocenters. The Morgan fingerprint density at radius 1 is 1.47 bits per heavy atom. The lowest BCUT2D eigenvalue weighted by molar-refractivity contribution is 0.0951. The maximum absolute atomic E-state index is 11.5. The Bertz CT molecular complexity index is 322. The molecule has 1 amide bonds. The largest absolute Gasteiger partial charge is 0.508 e. The molecule has 4 N–H and O–H groups in total. The molecule has 0 aromatic heterocycles. The van der Waals surface area contributed by atoms with Gasteiger partial charge in [-0.3, -0.25) is 4.79 Å². The zero-order chi connectivity index (χ0) is 11.3. The van der Waals surface area contributed by atoms with Crippen LogP contribution >= 0.6 is 0 Å². The van der Waals surface area contributed by atoms with E-state index in [2.05, 4.69) is 5.32 Å². The number of phenolic OH excluding ortho intramolecular Hbond substituents is 1. The summed E-state index contributed by atoms with van der Waals surface area (Å²) in [6.07, 6.45) is 0.829. The van der Waals surface area contributed by atoms with Gasteiger partial charge in [-0.05, 0) is 30.7 Å². The van der Waals surface area contributed by atoms with Crippen molar-refractivity contribution in [1.82, 2.24) is 5.32 Å². The Morgan fingerprint density at radius 2 is 2.07 bits per heavy atom. The van der Waals surface area contributed by atoms with E-state index in [1.54, 1.807) is 12.1 Å². The second-order valence-corrected chi connectivity index (χ2v) is 3.43. The number of carbonyl (C=O) groups excluding carboxylic acids is 1. The molecular weight excluding hydrogens is 192 g/mol. The maximum atomic E-state index is 11.5. The normalized spacial score (nSPS) is 12.1. The average molecular weight is 208 g/mol. The van der Waals surface area contributed by atoms with Crippen molar-refractivity contribution in [3.8, 4) is 5.75 Å². The summed E-state index contributed by atoms with van der Waals surface area (Å²) in [5.41, 5.74) is 6.19. The molecule has 0 aliphatic heterocycles. The fourth-order valence-corrected chi connectivity index (χ4v) is 1.08. The molecule has 0 aliphatic carbocycles. The molecule has 1 aromatic rings. The standard InChI is InChI=1S/C11H16N2O2/c1-2-9(12)7-13-11(15)8-3-5-10(14)6-4-8/h3-6,9,14H,2,7,12H2,1H3,(H,13,15). The van der Waals surface area contributed by atoms with Crippen LogP contribution in [0.2, 0.25) is 0 Å². The summed E-state index contributed by atoms with van der Waals surface area (Å²) in [5, 5.41) is 11.8. The quantitative estimate of drug-likeness (QED) is 0.687. The first-order valence-electron chi connectivity index (χ1n) is 4.96. The van der Waals surface area contributed by atoms with Crippen molar-refractivity contribution in [3.63, 3.8) is 0 Å². The Hall–Kier alpha value is -1.55. The van der Waals surface area contributed by atoms with Crippen molar-refractivity contribution in [2.24, 2.45) is 5.73 Å². The van der Waals surface area contributed by atoms with Crippen molar-refractivity contribution in [2.75, 3.05) is 6.54 Å². The van der Waals surface area contributed by atoms with Gasteiger partial charge in [-0.25, -0.2) is 0 Å². The number of rotatable bonds is 4. The summed E-state index contributed by atoms with van der Waals surface area (Å²) in [4.78, 5) is 11.5. The van der Waals surface area contributed by atoms with Crippen molar-refractivity contribution in [1.29, 1.82) is 0 Å². The minimum absolute atomic E-state index is 0.00827. The third-order valence-corrected chi connectivity index (χ3v) is 2.18. The van der Waals surface area contributed by atoms with Gasteiger partial charge in [-0.15, -0.1) is 0 Å².